The van der Waals surface area contributed by atoms with Crippen LogP contribution < -0.4 is 0 Å². The molecule has 0 aliphatic rings. The van der Waals surface area contributed by atoms with Crippen LogP contribution >= 0.6 is 24.6 Å². The minimum atomic E-state index is -4.40. The molecule has 0 fully saturated rings. The van der Waals surface area contributed by atoms with Crippen molar-refractivity contribution in [3.05, 3.63) is 35.4 Å². The minimum absolute atomic E-state index is 0. The lowest BCUT2D eigenvalue weighted by molar-refractivity contribution is -0.137. The van der Waals surface area contributed by atoms with Crippen molar-refractivity contribution in [2.24, 2.45) is 0 Å². The first-order valence-corrected chi connectivity index (χ1v) is 3.72. The Kier molecular flexibility index (Phi) is 4.35. The molecule has 0 aliphatic heterocycles. The fourth-order valence-corrected chi connectivity index (χ4v) is 0.956. The predicted molar refractivity (Wildman–Crippen MR) is 53.0 cm³/mol. The van der Waals surface area contributed by atoms with E-state index < -0.39 is 16.8 Å². The van der Waals surface area contributed by atoms with Gasteiger partial charge in [-0.15, -0.1) is 12.4 Å². The van der Waals surface area contributed by atoms with E-state index in [0.29, 0.717) is 0 Å². The molecule has 0 spiro atoms. The van der Waals surface area contributed by atoms with Gasteiger partial charge in [-0.2, -0.15) is 13.2 Å². The maximum absolute atomic E-state index is 12.1. The van der Waals surface area contributed by atoms with E-state index in [1.807, 2.05) is 0 Å². The molecule has 0 amide bonds. The van der Waals surface area contributed by atoms with Crippen LogP contribution in [0.5, 0.6) is 0 Å². The molecule has 0 aromatic heterocycles. The highest BCUT2D eigenvalue weighted by Gasteiger charge is 2.30. The van der Waals surface area contributed by atoms with Crippen LogP contribution in [0.3, 0.4) is 0 Å². The molecule has 0 atom stereocenters. The molecule has 6 heteroatoms. The van der Waals surface area contributed by atoms with Crippen molar-refractivity contribution in [3.8, 4) is 0 Å². The number of benzene rings is 1. The molecule has 0 radical (unpaired) electrons. The molecule has 1 nitrogen and oxygen atoms in total. The molecule has 0 saturated carbocycles. The zero-order chi connectivity index (χ0) is 10.1. The SMILES string of the molecule is Cl.OC(=S)c1cccc(C(F)(F)F)c1. The van der Waals surface area contributed by atoms with E-state index in [9.17, 15) is 13.2 Å². The highest BCUT2D eigenvalue weighted by atomic mass is 35.5. The molecule has 0 unspecified atom stereocenters. The van der Waals surface area contributed by atoms with Gasteiger partial charge in [0.15, 0.2) is 5.05 Å². The van der Waals surface area contributed by atoms with Crippen molar-refractivity contribution in [1.82, 2.24) is 0 Å². The summed E-state index contributed by atoms with van der Waals surface area (Å²) in [6, 6.07) is 4.24. The Labute approximate surface area is 90.0 Å². The van der Waals surface area contributed by atoms with Crippen LogP contribution in [0.2, 0.25) is 0 Å². The van der Waals surface area contributed by atoms with Gasteiger partial charge in [0, 0.05) is 5.56 Å². The van der Waals surface area contributed by atoms with Crippen molar-refractivity contribution in [1.29, 1.82) is 0 Å². The van der Waals surface area contributed by atoms with Crippen LogP contribution in [0.25, 0.3) is 0 Å². The number of hydrogen-bond acceptors (Lipinski definition) is 1. The molecule has 1 rings (SSSR count). The number of aliphatic hydroxyl groups excluding tert-OH is 1. The lowest BCUT2D eigenvalue weighted by atomic mass is 10.1. The molecular weight excluding hydrogens is 237 g/mol. The topological polar surface area (TPSA) is 20.2 Å². The minimum Gasteiger partial charge on any atom is -0.499 e. The van der Waals surface area contributed by atoms with Gasteiger partial charge in [0.05, 0.1) is 5.56 Å². The van der Waals surface area contributed by atoms with Crippen molar-refractivity contribution >= 4 is 29.7 Å². The van der Waals surface area contributed by atoms with Gasteiger partial charge in [0.2, 0.25) is 0 Å². The van der Waals surface area contributed by atoms with E-state index in [4.69, 9.17) is 5.11 Å². The van der Waals surface area contributed by atoms with Crippen LogP contribution in [0.1, 0.15) is 11.1 Å². The summed E-state index contributed by atoms with van der Waals surface area (Å²) < 4.78 is 36.3. The summed E-state index contributed by atoms with van der Waals surface area (Å²) in [6.07, 6.45) is -4.40. The number of alkyl halides is 3. The van der Waals surface area contributed by atoms with Gasteiger partial charge in [0.25, 0.3) is 0 Å². The fraction of sp³-hybridized carbons (Fsp3) is 0.125. The smallest absolute Gasteiger partial charge is 0.416 e. The van der Waals surface area contributed by atoms with E-state index in [1.54, 1.807) is 0 Å². The zero-order valence-corrected chi connectivity index (χ0v) is 8.34. The van der Waals surface area contributed by atoms with Crippen LogP contribution in [0.4, 0.5) is 13.2 Å². The number of rotatable bonds is 1. The van der Waals surface area contributed by atoms with Gasteiger partial charge in [-0.3, -0.25) is 0 Å². The Morgan fingerprint density at radius 2 is 1.86 bits per heavy atom. The molecule has 0 aliphatic carbocycles. The van der Waals surface area contributed by atoms with Gasteiger partial charge in [0.1, 0.15) is 0 Å². The average Bonchev–Trinajstić information content (AvgIpc) is 2.03. The summed E-state index contributed by atoms with van der Waals surface area (Å²) in [6.45, 7) is 0. The number of aliphatic hydroxyl groups is 1. The third-order valence-electron chi connectivity index (χ3n) is 1.44. The maximum Gasteiger partial charge on any atom is 0.416 e. The first-order valence-electron chi connectivity index (χ1n) is 3.32. The van der Waals surface area contributed by atoms with Gasteiger partial charge < -0.3 is 5.11 Å². The average molecular weight is 243 g/mol. The Bertz CT molecular complexity index is 338. The molecular formula is C8H6ClF3OS. The Hall–Kier alpha value is -0.810. The highest BCUT2D eigenvalue weighted by Crippen LogP contribution is 2.29. The molecule has 1 aromatic rings. The molecule has 0 heterocycles. The zero-order valence-electron chi connectivity index (χ0n) is 6.71. The standard InChI is InChI=1S/C8H5F3OS.ClH/c9-8(10,11)6-3-1-2-5(4-6)7(12)13;/h1-4H,(H,12,13);1H. The predicted octanol–water partition coefficient (Wildman–Crippen LogP) is 3.36. The lowest BCUT2D eigenvalue weighted by Crippen LogP contribution is -2.06. The Balaban J connectivity index is 0.00000169. The summed E-state index contributed by atoms with van der Waals surface area (Å²) in [5.41, 5.74) is -0.814. The van der Waals surface area contributed by atoms with E-state index in [0.717, 1.165) is 12.1 Å². The maximum atomic E-state index is 12.1. The fourth-order valence-electron chi connectivity index (χ4n) is 0.829. The summed E-state index contributed by atoms with van der Waals surface area (Å²) in [4.78, 5) is 0. The van der Waals surface area contributed by atoms with Gasteiger partial charge in [-0.25, -0.2) is 0 Å². The second-order valence-electron chi connectivity index (χ2n) is 2.38. The van der Waals surface area contributed by atoms with E-state index in [-0.39, 0.29) is 18.0 Å². The Morgan fingerprint density at radius 1 is 1.29 bits per heavy atom. The second kappa shape index (κ2) is 4.61. The third-order valence-corrected chi connectivity index (χ3v) is 1.67. The van der Waals surface area contributed by atoms with Gasteiger partial charge in [-0.05, 0) is 24.4 Å². The van der Waals surface area contributed by atoms with E-state index in [1.165, 1.54) is 12.1 Å². The highest BCUT2D eigenvalue weighted by molar-refractivity contribution is 7.80. The van der Waals surface area contributed by atoms with Crippen molar-refractivity contribution in [3.63, 3.8) is 0 Å². The third kappa shape index (κ3) is 3.16. The summed E-state index contributed by atoms with van der Waals surface area (Å²) in [7, 11) is 0. The summed E-state index contributed by atoms with van der Waals surface area (Å²) >= 11 is 4.33. The first kappa shape index (κ1) is 13.2. The van der Waals surface area contributed by atoms with E-state index in [2.05, 4.69) is 12.2 Å². The van der Waals surface area contributed by atoms with Crippen molar-refractivity contribution < 1.29 is 18.3 Å². The molecule has 1 aromatic carbocycles. The van der Waals surface area contributed by atoms with Crippen molar-refractivity contribution in [2.45, 2.75) is 6.18 Å². The number of thiocarbonyl (C=S) groups is 1. The summed E-state index contributed by atoms with van der Waals surface area (Å²) in [5, 5.41) is 8.24. The molecule has 1 N–H and O–H groups in total. The first-order chi connectivity index (χ1) is 5.91. The quantitative estimate of drug-likeness (QED) is 0.762. The molecule has 78 valence electrons. The van der Waals surface area contributed by atoms with Crippen LogP contribution in [-0.2, 0) is 6.18 Å². The number of halogens is 4. The lowest BCUT2D eigenvalue weighted by Gasteiger charge is -2.06. The molecule has 0 bridgehead atoms. The summed E-state index contributed by atoms with van der Waals surface area (Å²) in [5.74, 6) is 0. The van der Waals surface area contributed by atoms with Crippen LogP contribution in [-0.4, -0.2) is 10.2 Å². The molecule has 0 saturated heterocycles. The van der Waals surface area contributed by atoms with Crippen LogP contribution in [0, 0.1) is 0 Å². The van der Waals surface area contributed by atoms with Crippen LogP contribution in [0.15, 0.2) is 24.3 Å². The normalized spacial score (nSPS) is 10.5. The number of hydrogen-bond donors (Lipinski definition) is 1. The molecule has 14 heavy (non-hydrogen) atoms. The van der Waals surface area contributed by atoms with E-state index >= 15 is 0 Å². The second-order valence-corrected chi connectivity index (χ2v) is 2.77. The van der Waals surface area contributed by atoms with Gasteiger partial charge in [-0.1, -0.05) is 12.1 Å². The van der Waals surface area contributed by atoms with Gasteiger partial charge >= 0.3 is 6.18 Å². The van der Waals surface area contributed by atoms with Crippen molar-refractivity contribution in [2.75, 3.05) is 0 Å². The largest absolute Gasteiger partial charge is 0.499 e. The Morgan fingerprint density at radius 3 is 2.29 bits per heavy atom. The monoisotopic (exact) mass is 242 g/mol.